The van der Waals surface area contributed by atoms with Crippen LogP contribution >= 0.6 is 23.4 Å². The maximum Gasteiger partial charge on any atom is 0.0449 e. The highest BCUT2D eigenvalue weighted by Crippen LogP contribution is 2.29. The van der Waals surface area contributed by atoms with Crippen molar-refractivity contribution in [1.29, 1.82) is 0 Å². The van der Waals surface area contributed by atoms with E-state index >= 15 is 0 Å². The van der Waals surface area contributed by atoms with Gasteiger partial charge in [0, 0.05) is 9.92 Å². The third kappa shape index (κ3) is 4.36. The lowest BCUT2D eigenvalue weighted by molar-refractivity contribution is 0.778. The largest absolute Gasteiger partial charge is 0.330 e. The normalized spacial score (nSPS) is 10.7. The van der Waals surface area contributed by atoms with Gasteiger partial charge in [-0.2, -0.15) is 0 Å². The predicted octanol–water partition coefficient (Wildman–Crippen LogP) is 4.12. The summed E-state index contributed by atoms with van der Waals surface area (Å²) in [5.74, 6) is 1.17. The Morgan fingerprint density at radius 2 is 2.12 bits per heavy atom. The van der Waals surface area contributed by atoms with Gasteiger partial charge < -0.3 is 5.73 Å². The van der Waals surface area contributed by atoms with E-state index in [1.807, 2.05) is 23.9 Å². The van der Waals surface area contributed by atoms with Crippen molar-refractivity contribution in [1.82, 2.24) is 0 Å². The fourth-order valence-corrected chi connectivity index (χ4v) is 3.05. The van der Waals surface area contributed by atoms with Crippen LogP contribution in [0, 0.1) is 0 Å². The fourth-order valence-electron chi connectivity index (χ4n) is 1.60. The van der Waals surface area contributed by atoms with Gasteiger partial charge in [-0.25, -0.2) is 0 Å². The van der Waals surface area contributed by atoms with Gasteiger partial charge in [0.15, 0.2) is 0 Å². The zero-order valence-corrected chi connectivity index (χ0v) is 11.4. The first-order valence-electron chi connectivity index (χ1n) is 5.89. The second kappa shape index (κ2) is 7.99. The second-order valence-corrected chi connectivity index (χ2v) is 5.35. The first-order chi connectivity index (χ1) is 7.79. The van der Waals surface area contributed by atoms with Crippen LogP contribution in [0.2, 0.25) is 5.02 Å². The second-order valence-electron chi connectivity index (χ2n) is 3.81. The van der Waals surface area contributed by atoms with Crippen molar-refractivity contribution < 1.29 is 0 Å². The van der Waals surface area contributed by atoms with Crippen LogP contribution < -0.4 is 5.73 Å². The Labute approximate surface area is 108 Å². The molecule has 1 nitrogen and oxygen atoms in total. The topological polar surface area (TPSA) is 26.0 Å². The SMILES string of the molecule is CCCCCSc1cccc(Cl)c1CCN. The number of hydrogen-bond acceptors (Lipinski definition) is 2. The third-order valence-corrected chi connectivity index (χ3v) is 4.02. The van der Waals surface area contributed by atoms with E-state index < -0.39 is 0 Å². The molecule has 0 aliphatic rings. The summed E-state index contributed by atoms with van der Waals surface area (Å²) in [5.41, 5.74) is 6.82. The van der Waals surface area contributed by atoms with Gasteiger partial charge in [-0.1, -0.05) is 37.4 Å². The standard InChI is InChI=1S/C13H20ClNS/c1-2-3-4-10-16-13-7-5-6-12(14)11(13)8-9-15/h5-7H,2-4,8-10,15H2,1H3. The average Bonchev–Trinajstić information content (AvgIpc) is 2.29. The monoisotopic (exact) mass is 257 g/mol. The molecule has 0 saturated carbocycles. The summed E-state index contributed by atoms with van der Waals surface area (Å²) in [6.45, 7) is 2.89. The molecule has 0 fully saturated rings. The van der Waals surface area contributed by atoms with E-state index in [-0.39, 0.29) is 0 Å². The Balaban J connectivity index is 2.59. The summed E-state index contributed by atoms with van der Waals surface area (Å²) < 4.78 is 0. The number of hydrogen-bond donors (Lipinski definition) is 1. The molecule has 0 aliphatic heterocycles. The van der Waals surface area contributed by atoms with Crippen molar-refractivity contribution in [2.75, 3.05) is 12.3 Å². The Morgan fingerprint density at radius 3 is 2.81 bits per heavy atom. The number of nitrogens with two attached hydrogens (primary N) is 1. The van der Waals surface area contributed by atoms with Crippen molar-refractivity contribution in [3.8, 4) is 0 Å². The third-order valence-electron chi connectivity index (χ3n) is 2.48. The lowest BCUT2D eigenvalue weighted by Crippen LogP contribution is -2.04. The molecule has 0 atom stereocenters. The van der Waals surface area contributed by atoms with Crippen LogP contribution in [-0.4, -0.2) is 12.3 Å². The zero-order valence-electron chi connectivity index (χ0n) is 9.84. The zero-order chi connectivity index (χ0) is 11.8. The average molecular weight is 258 g/mol. The minimum absolute atomic E-state index is 0.659. The molecule has 1 rings (SSSR count). The first-order valence-corrected chi connectivity index (χ1v) is 7.26. The van der Waals surface area contributed by atoms with Crippen LogP contribution in [0.25, 0.3) is 0 Å². The Bertz CT molecular complexity index is 315. The van der Waals surface area contributed by atoms with Gasteiger partial charge in [0.1, 0.15) is 0 Å². The van der Waals surface area contributed by atoms with Crippen molar-refractivity contribution >= 4 is 23.4 Å². The summed E-state index contributed by atoms with van der Waals surface area (Å²) in [5, 5.41) is 0.853. The number of halogens is 1. The molecule has 90 valence electrons. The highest BCUT2D eigenvalue weighted by atomic mass is 35.5. The molecule has 1 aromatic carbocycles. The molecule has 0 unspecified atom stereocenters. The molecule has 3 heteroatoms. The van der Waals surface area contributed by atoms with Crippen LogP contribution in [0.4, 0.5) is 0 Å². The predicted molar refractivity (Wildman–Crippen MR) is 74.5 cm³/mol. The molecule has 0 aromatic heterocycles. The number of thioether (sulfide) groups is 1. The fraction of sp³-hybridized carbons (Fsp3) is 0.538. The molecule has 0 spiro atoms. The smallest absolute Gasteiger partial charge is 0.0449 e. The minimum atomic E-state index is 0.659. The summed E-state index contributed by atoms with van der Waals surface area (Å²) in [7, 11) is 0. The number of unbranched alkanes of at least 4 members (excludes halogenated alkanes) is 2. The Morgan fingerprint density at radius 1 is 1.31 bits per heavy atom. The molecule has 16 heavy (non-hydrogen) atoms. The van der Waals surface area contributed by atoms with Crippen molar-refractivity contribution in [2.45, 2.75) is 37.5 Å². The highest BCUT2D eigenvalue weighted by molar-refractivity contribution is 7.99. The molecular formula is C13H20ClNS. The van der Waals surface area contributed by atoms with Crippen LogP contribution in [-0.2, 0) is 6.42 Å². The molecule has 0 heterocycles. The van der Waals surface area contributed by atoms with Gasteiger partial charge in [-0.3, -0.25) is 0 Å². The van der Waals surface area contributed by atoms with Crippen LogP contribution in [0.15, 0.2) is 23.1 Å². The van der Waals surface area contributed by atoms with Crippen molar-refractivity contribution in [2.24, 2.45) is 5.73 Å². The van der Waals surface area contributed by atoms with Crippen LogP contribution in [0.1, 0.15) is 31.7 Å². The molecule has 2 N–H and O–H groups in total. The van der Waals surface area contributed by atoms with E-state index in [0.717, 1.165) is 11.4 Å². The molecule has 0 bridgehead atoms. The van der Waals surface area contributed by atoms with E-state index in [1.165, 1.54) is 35.5 Å². The van der Waals surface area contributed by atoms with E-state index in [9.17, 15) is 0 Å². The van der Waals surface area contributed by atoms with Crippen molar-refractivity contribution in [3.63, 3.8) is 0 Å². The summed E-state index contributed by atoms with van der Waals surface area (Å²) in [4.78, 5) is 1.30. The number of rotatable bonds is 7. The summed E-state index contributed by atoms with van der Waals surface area (Å²) in [6, 6.07) is 6.11. The molecule has 0 radical (unpaired) electrons. The maximum atomic E-state index is 6.18. The molecule has 1 aromatic rings. The van der Waals surface area contributed by atoms with E-state index in [0.29, 0.717) is 6.54 Å². The molecular weight excluding hydrogens is 238 g/mol. The molecule has 0 aliphatic carbocycles. The van der Waals surface area contributed by atoms with E-state index in [1.54, 1.807) is 0 Å². The highest BCUT2D eigenvalue weighted by Gasteiger charge is 2.06. The van der Waals surface area contributed by atoms with E-state index in [2.05, 4.69) is 13.0 Å². The van der Waals surface area contributed by atoms with Gasteiger partial charge in [0.2, 0.25) is 0 Å². The Hall–Kier alpha value is -0.180. The molecule has 0 saturated heterocycles. The number of benzene rings is 1. The van der Waals surface area contributed by atoms with E-state index in [4.69, 9.17) is 17.3 Å². The maximum absolute atomic E-state index is 6.18. The van der Waals surface area contributed by atoms with Crippen LogP contribution in [0.3, 0.4) is 0 Å². The minimum Gasteiger partial charge on any atom is -0.330 e. The van der Waals surface area contributed by atoms with Gasteiger partial charge in [-0.05, 0) is 42.8 Å². The van der Waals surface area contributed by atoms with Gasteiger partial charge in [0.25, 0.3) is 0 Å². The van der Waals surface area contributed by atoms with Crippen molar-refractivity contribution in [3.05, 3.63) is 28.8 Å². The lowest BCUT2D eigenvalue weighted by Gasteiger charge is -2.10. The first kappa shape index (κ1) is 13.9. The van der Waals surface area contributed by atoms with Gasteiger partial charge >= 0.3 is 0 Å². The van der Waals surface area contributed by atoms with Gasteiger partial charge in [-0.15, -0.1) is 11.8 Å². The van der Waals surface area contributed by atoms with Gasteiger partial charge in [0.05, 0.1) is 0 Å². The summed E-state index contributed by atoms with van der Waals surface area (Å²) >= 11 is 8.08. The summed E-state index contributed by atoms with van der Waals surface area (Å²) in [6.07, 6.45) is 4.72. The quantitative estimate of drug-likeness (QED) is 0.587. The van der Waals surface area contributed by atoms with Crippen LogP contribution in [0.5, 0.6) is 0 Å². The lowest BCUT2D eigenvalue weighted by atomic mass is 10.1. The Kier molecular flexibility index (Phi) is 6.93. The molecule has 0 amide bonds.